The minimum atomic E-state index is -1.22. The Hall–Kier alpha value is -3.53. The van der Waals surface area contributed by atoms with E-state index in [1.165, 1.54) is 64.1 Å². The maximum Gasteiger partial charge on any atom is 0.257 e. The van der Waals surface area contributed by atoms with Gasteiger partial charge in [-0.2, -0.15) is 23.1 Å². The van der Waals surface area contributed by atoms with Gasteiger partial charge in [0.1, 0.15) is 12.7 Å². The molecule has 224 valence electrons. The summed E-state index contributed by atoms with van der Waals surface area (Å²) in [5.74, 6) is 8.04. The molecule has 0 amide bonds. The Morgan fingerprint density at radius 1 is 0.610 bits per heavy atom. The fourth-order valence-electron chi connectivity index (χ4n) is 4.18. The first-order chi connectivity index (χ1) is 20.1. The van der Waals surface area contributed by atoms with Crippen LogP contribution >= 0.6 is 0 Å². The van der Waals surface area contributed by atoms with Crippen LogP contribution in [0.25, 0.3) is 0 Å². The zero-order chi connectivity index (χ0) is 29.5. The monoisotopic (exact) mass is 573 g/mol. The molecule has 4 rings (SSSR count). The number of nitrogens with zero attached hydrogens (tertiary/aromatic N) is 5. The van der Waals surface area contributed by atoms with E-state index in [0.717, 1.165) is 38.7 Å². The van der Waals surface area contributed by atoms with Crippen LogP contribution in [0, 0.1) is 41.3 Å². The minimum absolute atomic E-state index is 0.00958. The lowest BCUT2D eigenvalue weighted by Crippen LogP contribution is -2.26. The van der Waals surface area contributed by atoms with E-state index in [-0.39, 0.29) is 19.1 Å². The van der Waals surface area contributed by atoms with Gasteiger partial charge < -0.3 is 14.4 Å². The lowest BCUT2D eigenvalue weighted by molar-refractivity contribution is 0.317. The first-order valence-electron chi connectivity index (χ1n) is 14.7. The average Bonchev–Trinajstić information content (AvgIpc) is 3.46. The molecule has 2 aliphatic rings. The third kappa shape index (κ3) is 13.6. The summed E-state index contributed by atoms with van der Waals surface area (Å²) in [5, 5.41) is 0. The van der Waals surface area contributed by atoms with Crippen molar-refractivity contribution < 1.29 is 22.6 Å². The highest BCUT2D eigenvalue weighted by Gasteiger charge is 2.19. The second-order valence-electron chi connectivity index (χ2n) is 9.47. The van der Waals surface area contributed by atoms with Crippen LogP contribution in [-0.4, -0.2) is 46.2 Å². The molecule has 0 aromatic carbocycles. The van der Waals surface area contributed by atoms with Crippen LogP contribution in [0.1, 0.15) is 97.3 Å². The maximum absolute atomic E-state index is 14.4. The molecule has 1 aliphatic heterocycles. The number of hydrogen-bond donors (Lipinski definition) is 0. The lowest BCUT2D eigenvalue weighted by Gasteiger charge is -2.21. The highest BCUT2D eigenvalue weighted by atomic mass is 19.2. The van der Waals surface area contributed by atoms with E-state index >= 15 is 0 Å². The summed E-state index contributed by atoms with van der Waals surface area (Å²) in [6.45, 7) is 5.64. The Kier molecular flexibility index (Phi) is 17.5. The van der Waals surface area contributed by atoms with Crippen molar-refractivity contribution in [1.82, 2.24) is 19.9 Å². The second-order valence-corrected chi connectivity index (χ2v) is 9.47. The quantitative estimate of drug-likeness (QED) is 0.215. The number of anilines is 1. The maximum atomic E-state index is 14.4. The third-order valence-corrected chi connectivity index (χ3v) is 6.28. The number of ether oxygens (including phenoxy) is 2. The Labute approximate surface area is 242 Å². The van der Waals surface area contributed by atoms with E-state index in [1.807, 2.05) is 18.7 Å². The number of halogens is 3. The van der Waals surface area contributed by atoms with Gasteiger partial charge in [-0.25, -0.2) is 9.97 Å². The van der Waals surface area contributed by atoms with Gasteiger partial charge in [0.2, 0.25) is 11.6 Å². The highest BCUT2D eigenvalue weighted by molar-refractivity contribution is 5.43. The average molecular weight is 574 g/mol. The predicted octanol–water partition coefficient (Wildman–Crippen LogP) is 7.07. The molecule has 7 nitrogen and oxygen atoms in total. The minimum Gasteiger partial charge on any atom is -0.462 e. The van der Waals surface area contributed by atoms with Crippen molar-refractivity contribution in [3.8, 4) is 35.4 Å². The fraction of sp³-hybridized carbons (Fsp3) is 0.613. The van der Waals surface area contributed by atoms with E-state index in [1.54, 1.807) is 0 Å². The SMILES string of the molecule is C1CCCCCC1.CCC#CCOc1ncnc(F)c1F.CCC#CCOc1ncnc(N2CCCCCC2)c1F. The first-order valence-corrected chi connectivity index (χ1v) is 14.7. The molecule has 41 heavy (non-hydrogen) atoms. The van der Waals surface area contributed by atoms with Crippen molar-refractivity contribution in [3.63, 3.8) is 0 Å². The van der Waals surface area contributed by atoms with Crippen LogP contribution in [0.4, 0.5) is 19.0 Å². The van der Waals surface area contributed by atoms with Crippen molar-refractivity contribution in [2.45, 2.75) is 97.3 Å². The van der Waals surface area contributed by atoms with Gasteiger partial charge in [-0.3, -0.25) is 0 Å². The molecule has 10 heteroatoms. The van der Waals surface area contributed by atoms with E-state index in [0.29, 0.717) is 12.2 Å². The summed E-state index contributed by atoms with van der Waals surface area (Å²) in [6.07, 6.45) is 18.7. The summed E-state index contributed by atoms with van der Waals surface area (Å²) in [5.41, 5.74) is 0. The Bertz CT molecular complexity index is 1120. The van der Waals surface area contributed by atoms with Crippen LogP contribution in [0.15, 0.2) is 12.7 Å². The Morgan fingerprint density at radius 3 is 1.54 bits per heavy atom. The second kappa shape index (κ2) is 21.2. The normalized spacial score (nSPS) is 14.6. The molecule has 0 bridgehead atoms. The molecule has 2 fully saturated rings. The van der Waals surface area contributed by atoms with Crippen molar-refractivity contribution >= 4 is 5.82 Å². The molecule has 1 saturated carbocycles. The topological polar surface area (TPSA) is 73.3 Å². The number of hydrogen-bond acceptors (Lipinski definition) is 7. The molecule has 0 unspecified atom stereocenters. The number of rotatable bonds is 5. The summed E-state index contributed by atoms with van der Waals surface area (Å²) in [4.78, 5) is 16.3. The molecule has 2 aromatic heterocycles. The van der Waals surface area contributed by atoms with Gasteiger partial charge >= 0.3 is 0 Å². The molecule has 1 saturated heterocycles. The standard InChI is InChI=1S/C15H20FN3O.C9H8F2N2O.C7H14/c1-2-3-8-11-20-15-13(16)14(17-12-18-15)19-9-6-4-5-7-10-19;1-2-3-4-5-14-9-7(10)8(11)12-6-13-9;1-2-4-6-7-5-3-1/h12H,2,4-7,9-11H2,1H3;6H,2,5H2,1H3;1-7H2. The Balaban J connectivity index is 0.000000241. The smallest absolute Gasteiger partial charge is 0.257 e. The van der Waals surface area contributed by atoms with Crippen molar-refractivity contribution in [3.05, 3.63) is 30.2 Å². The molecule has 0 radical (unpaired) electrons. The summed E-state index contributed by atoms with van der Waals surface area (Å²) >= 11 is 0. The van der Waals surface area contributed by atoms with E-state index in [2.05, 4.69) is 43.6 Å². The van der Waals surface area contributed by atoms with E-state index in [4.69, 9.17) is 9.47 Å². The molecular weight excluding hydrogens is 531 g/mol. The van der Waals surface area contributed by atoms with Crippen LogP contribution in [0.2, 0.25) is 0 Å². The fourth-order valence-corrected chi connectivity index (χ4v) is 4.18. The van der Waals surface area contributed by atoms with Gasteiger partial charge in [-0.1, -0.05) is 83.5 Å². The Morgan fingerprint density at radius 2 is 1.05 bits per heavy atom. The van der Waals surface area contributed by atoms with Crippen LogP contribution in [0.5, 0.6) is 11.8 Å². The zero-order valence-corrected chi connectivity index (χ0v) is 24.4. The summed E-state index contributed by atoms with van der Waals surface area (Å²) in [7, 11) is 0. The predicted molar refractivity (Wildman–Crippen MR) is 154 cm³/mol. The summed E-state index contributed by atoms with van der Waals surface area (Å²) in [6, 6.07) is 0. The third-order valence-electron chi connectivity index (χ3n) is 6.28. The van der Waals surface area contributed by atoms with Gasteiger partial charge in [0.25, 0.3) is 17.7 Å². The van der Waals surface area contributed by atoms with Crippen molar-refractivity contribution in [1.29, 1.82) is 0 Å². The molecular formula is C31H42F3N5O2. The van der Waals surface area contributed by atoms with E-state index in [9.17, 15) is 13.2 Å². The van der Waals surface area contributed by atoms with Gasteiger partial charge in [0.15, 0.2) is 19.0 Å². The molecule has 3 heterocycles. The van der Waals surface area contributed by atoms with Gasteiger partial charge in [0, 0.05) is 25.9 Å². The van der Waals surface area contributed by atoms with Gasteiger partial charge in [-0.05, 0) is 12.8 Å². The molecule has 0 N–H and O–H groups in total. The van der Waals surface area contributed by atoms with Crippen LogP contribution < -0.4 is 14.4 Å². The summed E-state index contributed by atoms with van der Waals surface area (Å²) < 4.78 is 49.8. The molecule has 1 aliphatic carbocycles. The highest BCUT2D eigenvalue weighted by Crippen LogP contribution is 2.25. The lowest BCUT2D eigenvalue weighted by atomic mass is 10.2. The van der Waals surface area contributed by atoms with Crippen LogP contribution in [0.3, 0.4) is 0 Å². The van der Waals surface area contributed by atoms with Gasteiger partial charge in [-0.15, -0.1) is 11.8 Å². The zero-order valence-electron chi connectivity index (χ0n) is 24.4. The van der Waals surface area contributed by atoms with E-state index < -0.39 is 23.5 Å². The molecule has 0 atom stereocenters. The first kappa shape index (κ1) is 33.7. The molecule has 0 spiro atoms. The molecule has 2 aromatic rings. The van der Waals surface area contributed by atoms with Crippen molar-refractivity contribution in [2.75, 3.05) is 31.2 Å². The largest absolute Gasteiger partial charge is 0.462 e. The van der Waals surface area contributed by atoms with Gasteiger partial charge in [0.05, 0.1) is 0 Å². The number of aromatic nitrogens is 4. The van der Waals surface area contributed by atoms with Crippen molar-refractivity contribution in [2.24, 2.45) is 0 Å². The van der Waals surface area contributed by atoms with Crippen LogP contribution in [-0.2, 0) is 0 Å².